The molecule has 0 aromatic heterocycles. The van der Waals surface area contributed by atoms with E-state index in [0.29, 0.717) is 0 Å². The third-order valence-corrected chi connectivity index (χ3v) is 1.08. The molecule has 8 heavy (non-hydrogen) atoms. The Balaban J connectivity index is 2.43. The Kier molecular flexibility index (Phi) is 1.28. The van der Waals surface area contributed by atoms with Crippen molar-refractivity contribution in [2.24, 2.45) is 5.92 Å². The van der Waals surface area contributed by atoms with Crippen molar-refractivity contribution < 1.29 is 14.3 Å². The van der Waals surface area contributed by atoms with Gasteiger partial charge in [-0.3, -0.25) is 4.79 Å². The van der Waals surface area contributed by atoms with E-state index < -0.39 is 0 Å². The summed E-state index contributed by atoms with van der Waals surface area (Å²) in [5, 5.41) is 0. The Morgan fingerprint density at radius 1 is 1.75 bits per heavy atom. The maximum atomic E-state index is 10.2. The van der Waals surface area contributed by atoms with Gasteiger partial charge in [0.05, 0.1) is 12.3 Å². The number of ether oxygens (including phenoxy) is 1. The number of carbonyl (C=O) groups is 2. The molecule has 0 bridgehead atoms. The Hall–Kier alpha value is -0.860. The summed E-state index contributed by atoms with van der Waals surface area (Å²) in [7, 11) is 0. The van der Waals surface area contributed by atoms with Crippen LogP contribution >= 0.6 is 0 Å². The van der Waals surface area contributed by atoms with Crippen molar-refractivity contribution in [1.29, 1.82) is 0 Å². The predicted octanol–water partition coefficient (Wildman–Crippen LogP) is -0.252. The molecule has 1 heterocycles. The summed E-state index contributed by atoms with van der Waals surface area (Å²) in [5.41, 5.74) is 0. The summed E-state index contributed by atoms with van der Waals surface area (Å²) in [5.74, 6) is -0.440. The quantitative estimate of drug-likeness (QED) is 0.348. The molecule has 1 fully saturated rings. The molecule has 0 aromatic carbocycles. The lowest BCUT2D eigenvalue weighted by Gasteiger charge is -1.87. The zero-order chi connectivity index (χ0) is 5.98. The molecule has 1 aliphatic rings. The molecule has 1 atom stereocenters. The van der Waals surface area contributed by atoms with Crippen LogP contribution in [0.4, 0.5) is 0 Å². The van der Waals surface area contributed by atoms with Crippen LogP contribution in [0, 0.1) is 5.92 Å². The highest BCUT2D eigenvalue weighted by atomic mass is 16.5. The third kappa shape index (κ3) is 0.857. The van der Waals surface area contributed by atoms with Crippen molar-refractivity contribution >= 4 is 12.3 Å². The van der Waals surface area contributed by atoms with Gasteiger partial charge in [0.2, 0.25) is 0 Å². The average molecular weight is 114 g/mol. The molecule has 0 spiro atoms. The van der Waals surface area contributed by atoms with Crippen molar-refractivity contribution in [3.8, 4) is 0 Å². The molecule has 1 saturated heterocycles. The van der Waals surface area contributed by atoms with Crippen LogP contribution < -0.4 is 0 Å². The number of esters is 1. The van der Waals surface area contributed by atoms with Crippen LogP contribution in [0.25, 0.3) is 0 Å². The van der Waals surface area contributed by atoms with Gasteiger partial charge in [0.25, 0.3) is 0 Å². The van der Waals surface area contributed by atoms with Gasteiger partial charge in [-0.25, -0.2) is 0 Å². The minimum atomic E-state index is -0.262. The summed E-state index contributed by atoms with van der Waals surface area (Å²) >= 11 is 0. The largest absolute Gasteiger partial charge is 0.465 e. The highest BCUT2D eigenvalue weighted by Gasteiger charge is 2.22. The molecule has 1 aliphatic heterocycles. The lowest BCUT2D eigenvalue weighted by molar-refractivity contribution is -0.137. The fraction of sp³-hybridized carbons (Fsp3) is 0.600. The number of hydrogen-bond donors (Lipinski definition) is 0. The van der Waals surface area contributed by atoms with E-state index in [2.05, 4.69) is 4.74 Å². The lowest BCUT2D eigenvalue weighted by atomic mass is 10.1. The minimum absolute atomic E-state index is 0.178. The number of aldehydes is 1. The number of rotatable bonds is 1. The first-order valence-corrected chi connectivity index (χ1v) is 2.44. The van der Waals surface area contributed by atoms with E-state index in [1.807, 2.05) is 0 Å². The zero-order valence-electron chi connectivity index (χ0n) is 4.29. The van der Waals surface area contributed by atoms with Gasteiger partial charge in [-0.2, -0.15) is 0 Å². The SMILES string of the molecule is O=C[C@H]1COC(=O)C1. The van der Waals surface area contributed by atoms with Gasteiger partial charge in [0.15, 0.2) is 0 Å². The van der Waals surface area contributed by atoms with E-state index in [1.54, 1.807) is 0 Å². The first-order valence-electron chi connectivity index (χ1n) is 2.44. The molecule has 1 rings (SSSR count). The molecule has 0 aliphatic carbocycles. The van der Waals surface area contributed by atoms with Crippen LogP contribution in [0.3, 0.4) is 0 Å². The van der Waals surface area contributed by atoms with Crippen molar-refractivity contribution in [3.05, 3.63) is 0 Å². The van der Waals surface area contributed by atoms with Gasteiger partial charge in [0, 0.05) is 0 Å². The van der Waals surface area contributed by atoms with Crippen LogP contribution in [0.2, 0.25) is 0 Å². The standard InChI is InChI=1S/C5H6O3/c6-2-4-1-5(7)8-3-4/h2,4H,1,3H2/t4-/m0/s1. The fourth-order valence-corrected chi connectivity index (χ4v) is 0.619. The minimum Gasteiger partial charge on any atom is -0.465 e. The Bertz CT molecular complexity index is 119. The van der Waals surface area contributed by atoms with Crippen LogP contribution in [-0.4, -0.2) is 18.9 Å². The second-order valence-electron chi connectivity index (χ2n) is 1.78. The van der Waals surface area contributed by atoms with Crippen LogP contribution in [-0.2, 0) is 14.3 Å². The molecule has 3 nitrogen and oxygen atoms in total. The smallest absolute Gasteiger partial charge is 0.306 e. The molecule has 0 aromatic rings. The van der Waals surface area contributed by atoms with E-state index in [4.69, 9.17) is 0 Å². The maximum Gasteiger partial charge on any atom is 0.306 e. The molecular weight excluding hydrogens is 108 g/mol. The first kappa shape index (κ1) is 5.28. The summed E-state index contributed by atoms with van der Waals surface area (Å²) in [6.45, 7) is 0.280. The molecule has 0 radical (unpaired) electrons. The second kappa shape index (κ2) is 1.94. The normalized spacial score (nSPS) is 27.5. The molecule has 0 N–H and O–H groups in total. The van der Waals surface area contributed by atoms with Gasteiger partial charge < -0.3 is 9.53 Å². The monoisotopic (exact) mass is 114 g/mol. The molecule has 3 heteroatoms. The molecule has 44 valence electrons. The Morgan fingerprint density at radius 3 is 2.75 bits per heavy atom. The summed E-state index contributed by atoms with van der Waals surface area (Å²) in [4.78, 5) is 20.2. The number of carbonyl (C=O) groups excluding carboxylic acids is 2. The van der Waals surface area contributed by atoms with E-state index in [0.717, 1.165) is 6.29 Å². The van der Waals surface area contributed by atoms with E-state index in [9.17, 15) is 9.59 Å². The Labute approximate surface area is 46.6 Å². The fourth-order valence-electron chi connectivity index (χ4n) is 0.619. The van der Waals surface area contributed by atoms with Crippen molar-refractivity contribution in [1.82, 2.24) is 0 Å². The van der Waals surface area contributed by atoms with Gasteiger partial charge in [-0.05, 0) is 0 Å². The molecular formula is C5H6O3. The number of cyclic esters (lactones) is 1. The van der Waals surface area contributed by atoms with E-state index in [-0.39, 0.29) is 24.9 Å². The third-order valence-electron chi connectivity index (χ3n) is 1.08. The Morgan fingerprint density at radius 2 is 2.50 bits per heavy atom. The predicted molar refractivity (Wildman–Crippen MR) is 25.1 cm³/mol. The average Bonchev–Trinajstić information content (AvgIpc) is 2.14. The van der Waals surface area contributed by atoms with Gasteiger partial charge in [0.1, 0.15) is 12.9 Å². The summed E-state index contributed by atoms with van der Waals surface area (Å²) in [6, 6.07) is 0. The maximum absolute atomic E-state index is 10.2. The topological polar surface area (TPSA) is 43.4 Å². The van der Waals surface area contributed by atoms with Crippen molar-refractivity contribution in [3.63, 3.8) is 0 Å². The second-order valence-corrected chi connectivity index (χ2v) is 1.78. The molecule has 0 saturated carbocycles. The molecule has 0 unspecified atom stereocenters. The van der Waals surface area contributed by atoms with Crippen LogP contribution in [0.15, 0.2) is 0 Å². The van der Waals surface area contributed by atoms with E-state index >= 15 is 0 Å². The van der Waals surface area contributed by atoms with E-state index in [1.165, 1.54) is 0 Å². The zero-order valence-corrected chi connectivity index (χ0v) is 4.29. The lowest BCUT2D eigenvalue weighted by Crippen LogP contribution is -1.98. The van der Waals surface area contributed by atoms with Crippen molar-refractivity contribution in [2.75, 3.05) is 6.61 Å². The van der Waals surface area contributed by atoms with Crippen LogP contribution in [0.1, 0.15) is 6.42 Å². The molecule has 0 amide bonds. The van der Waals surface area contributed by atoms with Crippen LogP contribution in [0.5, 0.6) is 0 Å². The summed E-state index contributed by atoms with van der Waals surface area (Å²) in [6.07, 6.45) is 1.02. The first-order chi connectivity index (χ1) is 3.83. The highest BCUT2D eigenvalue weighted by molar-refractivity contribution is 5.76. The number of hydrogen-bond acceptors (Lipinski definition) is 3. The van der Waals surface area contributed by atoms with Gasteiger partial charge in [-0.1, -0.05) is 0 Å². The van der Waals surface area contributed by atoms with Gasteiger partial charge in [-0.15, -0.1) is 0 Å². The van der Waals surface area contributed by atoms with Gasteiger partial charge >= 0.3 is 5.97 Å². The highest BCUT2D eigenvalue weighted by Crippen LogP contribution is 2.09. The van der Waals surface area contributed by atoms with Crippen molar-refractivity contribution in [2.45, 2.75) is 6.42 Å². The summed E-state index contributed by atoms with van der Waals surface area (Å²) < 4.78 is 4.49.